The zero-order chi connectivity index (χ0) is 19.8. The molecule has 0 aliphatic heterocycles. The number of carbonyl (C=O) groups excluding carboxylic acids is 1. The summed E-state index contributed by atoms with van der Waals surface area (Å²) in [5.41, 5.74) is 2.26. The van der Waals surface area contributed by atoms with Crippen molar-refractivity contribution < 1.29 is 13.7 Å². The number of hydrogen-bond acceptors (Lipinski definition) is 6. The molecule has 5 aromatic rings. The van der Waals surface area contributed by atoms with E-state index in [0.717, 1.165) is 10.9 Å². The fraction of sp³-hybridized carbons (Fsp3) is 0. The molecular weight excluding hydrogens is 393 g/mol. The van der Waals surface area contributed by atoms with Gasteiger partial charge < -0.3 is 9.84 Å². The maximum atomic E-state index is 13.1. The third-order valence-electron chi connectivity index (χ3n) is 4.32. The van der Waals surface area contributed by atoms with Crippen LogP contribution < -0.4 is 5.32 Å². The summed E-state index contributed by atoms with van der Waals surface area (Å²) in [6, 6.07) is 15.0. The van der Waals surface area contributed by atoms with Crippen LogP contribution >= 0.6 is 11.3 Å². The highest BCUT2D eigenvalue weighted by atomic mass is 32.1. The summed E-state index contributed by atoms with van der Waals surface area (Å²) in [6.45, 7) is 0. The number of anilines is 1. The fourth-order valence-corrected chi connectivity index (χ4v) is 3.69. The molecule has 0 saturated heterocycles. The van der Waals surface area contributed by atoms with Crippen LogP contribution in [0.3, 0.4) is 0 Å². The molecule has 2 aromatic carbocycles. The Hall–Kier alpha value is -3.85. The van der Waals surface area contributed by atoms with Crippen LogP contribution in [0.5, 0.6) is 0 Å². The average molecular weight is 405 g/mol. The molecule has 0 aliphatic carbocycles. The molecule has 0 spiro atoms. The van der Waals surface area contributed by atoms with Crippen molar-refractivity contribution in [2.75, 3.05) is 5.32 Å². The first kappa shape index (κ1) is 17.3. The molecule has 0 atom stereocenters. The van der Waals surface area contributed by atoms with Crippen LogP contribution in [0.15, 0.2) is 64.5 Å². The Morgan fingerprint density at radius 1 is 1.10 bits per heavy atom. The SMILES string of the molecule is O=C(Nc1ccsc1-c1nc(-c2ccc(F)cc2)no1)c1n[nH]c2ccccc12. The zero-order valence-corrected chi connectivity index (χ0v) is 15.5. The summed E-state index contributed by atoms with van der Waals surface area (Å²) < 4.78 is 18.5. The quantitative estimate of drug-likeness (QED) is 0.450. The third kappa shape index (κ3) is 3.17. The highest BCUT2D eigenvalue weighted by molar-refractivity contribution is 7.14. The number of thiophene rings is 1. The van der Waals surface area contributed by atoms with Gasteiger partial charge in [-0.2, -0.15) is 10.1 Å². The second-order valence-electron chi connectivity index (χ2n) is 6.17. The fourth-order valence-electron chi connectivity index (χ4n) is 2.92. The zero-order valence-electron chi connectivity index (χ0n) is 14.7. The summed E-state index contributed by atoms with van der Waals surface area (Å²) in [7, 11) is 0. The predicted octanol–water partition coefficient (Wildman–Crippen LogP) is 4.73. The third-order valence-corrected chi connectivity index (χ3v) is 5.22. The maximum Gasteiger partial charge on any atom is 0.276 e. The van der Waals surface area contributed by atoms with Crippen molar-refractivity contribution in [3.05, 3.63) is 71.5 Å². The smallest absolute Gasteiger partial charge is 0.276 e. The van der Waals surface area contributed by atoms with Crippen molar-refractivity contribution in [3.63, 3.8) is 0 Å². The lowest BCUT2D eigenvalue weighted by atomic mass is 10.2. The second-order valence-corrected chi connectivity index (χ2v) is 7.08. The summed E-state index contributed by atoms with van der Waals surface area (Å²) in [4.78, 5) is 17.7. The molecule has 142 valence electrons. The number of aromatic nitrogens is 4. The first-order valence-corrected chi connectivity index (χ1v) is 9.49. The topological polar surface area (TPSA) is 96.7 Å². The Morgan fingerprint density at radius 3 is 2.79 bits per heavy atom. The Kier molecular flexibility index (Phi) is 4.14. The number of nitrogens with one attached hydrogen (secondary N) is 2. The largest absolute Gasteiger partial charge is 0.333 e. The van der Waals surface area contributed by atoms with Gasteiger partial charge in [0, 0.05) is 10.9 Å². The van der Waals surface area contributed by atoms with Crippen molar-refractivity contribution in [2.24, 2.45) is 0 Å². The number of para-hydroxylation sites is 1. The van der Waals surface area contributed by atoms with Gasteiger partial charge in [-0.15, -0.1) is 11.3 Å². The minimum Gasteiger partial charge on any atom is -0.333 e. The molecule has 2 N–H and O–H groups in total. The van der Waals surface area contributed by atoms with Crippen molar-refractivity contribution in [1.82, 2.24) is 20.3 Å². The Morgan fingerprint density at radius 2 is 1.93 bits per heavy atom. The first-order valence-electron chi connectivity index (χ1n) is 8.61. The normalized spacial score (nSPS) is 11.1. The monoisotopic (exact) mass is 405 g/mol. The summed E-state index contributed by atoms with van der Waals surface area (Å²) in [5, 5.41) is 16.3. The summed E-state index contributed by atoms with van der Waals surface area (Å²) in [6.07, 6.45) is 0. The van der Waals surface area contributed by atoms with E-state index in [1.165, 1.54) is 23.5 Å². The number of fused-ring (bicyclic) bond motifs is 1. The number of halogens is 1. The number of carbonyl (C=O) groups is 1. The maximum absolute atomic E-state index is 13.1. The van der Waals surface area contributed by atoms with E-state index in [9.17, 15) is 9.18 Å². The molecule has 0 saturated carbocycles. The highest BCUT2D eigenvalue weighted by Crippen LogP contribution is 2.34. The van der Waals surface area contributed by atoms with Crippen LogP contribution in [0.4, 0.5) is 10.1 Å². The van der Waals surface area contributed by atoms with Gasteiger partial charge in [0.1, 0.15) is 10.7 Å². The molecule has 7 nitrogen and oxygen atoms in total. The number of hydrogen-bond donors (Lipinski definition) is 2. The van der Waals surface area contributed by atoms with Crippen molar-refractivity contribution in [3.8, 4) is 22.2 Å². The number of H-pyrrole nitrogens is 1. The molecule has 0 bridgehead atoms. The van der Waals surface area contributed by atoms with Crippen molar-refractivity contribution in [2.45, 2.75) is 0 Å². The summed E-state index contributed by atoms with van der Waals surface area (Å²) >= 11 is 1.36. The van der Waals surface area contributed by atoms with Crippen LogP contribution in [-0.4, -0.2) is 26.2 Å². The van der Waals surface area contributed by atoms with E-state index < -0.39 is 0 Å². The van der Waals surface area contributed by atoms with Crippen molar-refractivity contribution >= 4 is 33.8 Å². The van der Waals surface area contributed by atoms with Crippen LogP contribution in [0, 0.1) is 5.82 Å². The van der Waals surface area contributed by atoms with Gasteiger partial charge in [-0.05, 0) is 41.8 Å². The Bertz CT molecular complexity index is 1320. The van der Waals surface area contributed by atoms with E-state index in [1.807, 2.05) is 29.6 Å². The van der Waals surface area contributed by atoms with E-state index in [0.29, 0.717) is 27.6 Å². The number of amides is 1. The molecule has 29 heavy (non-hydrogen) atoms. The molecule has 0 fully saturated rings. The van der Waals surface area contributed by atoms with E-state index in [1.54, 1.807) is 18.2 Å². The lowest BCUT2D eigenvalue weighted by molar-refractivity contribution is 0.102. The van der Waals surface area contributed by atoms with Gasteiger partial charge in [-0.3, -0.25) is 9.89 Å². The first-order chi connectivity index (χ1) is 14.2. The van der Waals surface area contributed by atoms with Crippen LogP contribution in [-0.2, 0) is 0 Å². The van der Waals surface area contributed by atoms with Gasteiger partial charge in [0.25, 0.3) is 11.8 Å². The molecule has 9 heteroatoms. The second kappa shape index (κ2) is 6.95. The van der Waals surface area contributed by atoms with Gasteiger partial charge in [-0.25, -0.2) is 4.39 Å². The minimum absolute atomic E-state index is 0.265. The average Bonchev–Trinajstić information content (AvgIpc) is 3.47. The molecule has 0 unspecified atom stereocenters. The van der Waals surface area contributed by atoms with E-state index in [2.05, 4.69) is 25.7 Å². The van der Waals surface area contributed by atoms with Gasteiger partial charge in [0.05, 0.1) is 11.2 Å². The van der Waals surface area contributed by atoms with Gasteiger partial charge in [0.2, 0.25) is 5.82 Å². The van der Waals surface area contributed by atoms with Crippen LogP contribution in [0.2, 0.25) is 0 Å². The standard InChI is InChI=1S/C20H12FN5O2S/c21-12-7-5-11(6-8-12)18-23-20(28-26-18)17-15(9-10-29-17)22-19(27)16-13-3-1-2-4-14(13)24-25-16/h1-10H,(H,22,27)(H,24,25). The molecular formula is C20H12FN5O2S. The van der Waals surface area contributed by atoms with Gasteiger partial charge >= 0.3 is 0 Å². The van der Waals surface area contributed by atoms with Gasteiger partial charge in [-0.1, -0.05) is 23.4 Å². The Labute approximate surface area is 167 Å². The Balaban J connectivity index is 1.43. The lowest BCUT2D eigenvalue weighted by Gasteiger charge is -2.02. The molecule has 3 heterocycles. The molecule has 1 amide bonds. The van der Waals surface area contributed by atoms with Crippen molar-refractivity contribution in [1.29, 1.82) is 0 Å². The molecule has 3 aromatic heterocycles. The van der Waals surface area contributed by atoms with Crippen LogP contribution in [0.25, 0.3) is 33.1 Å². The number of aromatic amines is 1. The lowest BCUT2D eigenvalue weighted by Crippen LogP contribution is -2.12. The van der Waals surface area contributed by atoms with Crippen LogP contribution in [0.1, 0.15) is 10.5 Å². The van der Waals surface area contributed by atoms with E-state index in [-0.39, 0.29) is 17.6 Å². The summed E-state index contributed by atoms with van der Waals surface area (Å²) in [5.74, 6) is -0.0857. The molecule has 0 radical (unpaired) electrons. The minimum atomic E-state index is -0.347. The predicted molar refractivity (Wildman–Crippen MR) is 107 cm³/mol. The van der Waals surface area contributed by atoms with Gasteiger partial charge in [0.15, 0.2) is 5.69 Å². The molecule has 5 rings (SSSR count). The number of rotatable bonds is 4. The highest BCUT2D eigenvalue weighted by Gasteiger charge is 2.20. The van der Waals surface area contributed by atoms with E-state index >= 15 is 0 Å². The molecule has 0 aliphatic rings. The van der Waals surface area contributed by atoms with E-state index in [4.69, 9.17) is 4.52 Å². The number of benzene rings is 2. The number of nitrogens with zero attached hydrogens (tertiary/aromatic N) is 3.